The number of ether oxygens (including phenoxy) is 3. The van der Waals surface area contributed by atoms with Crippen LogP contribution in [0.3, 0.4) is 0 Å². The maximum Gasteiger partial charge on any atom is 0.174 e. The van der Waals surface area contributed by atoms with Crippen LogP contribution in [0.25, 0.3) is 0 Å². The molecule has 2 aliphatic rings. The Morgan fingerprint density at radius 3 is 2.52 bits per heavy atom. The Hall–Kier alpha value is -2.57. The molecular weight excluding hydrogens is 463 g/mol. The minimum atomic E-state index is -1.36. The third kappa shape index (κ3) is 2.81. The van der Waals surface area contributed by atoms with Crippen molar-refractivity contribution in [2.75, 3.05) is 14.2 Å². The first-order valence-electron chi connectivity index (χ1n) is 10.1. The molecule has 0 bridgehead atoms. The summed E-state index contributed by atoms with van der Waals surface area (Å²) in [5.74, 6) is 1.03. The fourth-order valence-corrected chi connectivity index (χ4v) is 5.59. The van der Waals surface area contributed by atoms with Crippen LogP contribution in [0.5, 0.6) is 17.2 Å². The van der Waals surface area contributed by atoms with E-state index in [1.165, 1.54) is 12.1 Å². The van der Waals surface area contributed by atoms with Crippen molar-refractivity contribution in [3.63, 3.8) is 0 Å². The Morgan fingerprint density at radius 1 is 1.06 bits per heavy atom. The number of hydrogen-bond acceptors (Lipinski definition) is 4. The van der Waals surface area contributed by atoms with E-state index in [-0.39, 0.29) is 11.7 Å². The first-order valence-corrected chi connectivity index (χ1v) is 10.9. The van der Waals surface area contributed by atoms with Crippen LogP contribution in [-0.2, 0) is 11.2 Å². The Labute approximate surface area is 188 Å². The molecule has 6 heteroatoms. The molecule has 5 rings (SSSR count). The standard InChI is InChI=1S/C25H22BrFO4/c1-29-19-13-21(30-2)23-22(14-19)31-25(16-6-8-17(26)9-7-16)20(10-11-24(23,25)28)15-4-3-5-18(27)12-15/h3-9,12-14,20,28H,10-11H2,1-2H3/t20-,24+,25-/m0/s1. The molecule has 3 atom stereocenters. The van der Waals surface area contributed by atoms with E-state index in [2.05, 4.69) is 15.9 Å². The maximum absolute atomic E-state index is 14.2. The van der Waals surface area contributed by atoms with Gasteiger partial charge in [0.15, 0.2) is 5.60 Å². The fourth-order valence-electron chi connectivity index (χ4n) is 5.32. The van der Waals surface area contributed by atoms with Crippen molar-refractivity contribution in [3.8, 4) is 17.2 Å². The second kappa shape index (κ2) is 7.24. The smallest absolute Gasteiger partial charge is 0.174 e. The minimum absolute atomic E-state index is 0.266. The van der Waals surface area contributed by atoms with E-state index in [0.29, 0.717) is 35.7 Å². The van der Waals surface area contributed by atoms with Crippen LogP contribution < -0.4 is 14.2 Å². The molecule has 0 aromatic heterocycles. The van der Waals surface area contributed by atoms with Crippen LogP contribution in [0.4, 0.5) is 4.39 Å². The lowest BCUT2D eigenvalue weighted by molar-refractivity contribution is -0.106. The first kappa shape index (κ1) is 20.3. The van der Waals surface area contributed by atoms with E-state index in [1.807, 2.05) is 30.3 Å². The van der Waals surface area contributed by atoms with Crippen LogP contribution in [0.1, 0.15) is 35.4 Å². The molecule has 1 fully saturated rings. The SMILES string of the molecule is COc1cc(OC)c2c(c1)O[C@@]1(c3ccc(Br)cc3)[C@H](c3cccc(F)c3)CC[C@@]21O. The molecule has 3 aromatic rings. The van der Waals surface area contributed by atoms with Crippen molar-refractivity contribution in [1.82, 2.24) is 0 Å². The van der Waals surface area contributed by atoms with Crippen LogP contribution in [-0.4, -0.2) is 19.3 Å². The molecule has 160 valence electrons. The summed E-state index contributed by atoms with van der Waals surface area (Å²) in [6.45, 7) is 0. The Balaban J connectivity index is 1.78. The summed E-state index contributed by atoms with van der Waals surface area (Å²) in [4.78, 5) is 0. The number of fused-ring (bicyclic) bond motifs is 3. The van der Waals surface area contributed by atoms with E-state index < -0.39 is 11.2 Å². The summed E-state index contributed by atoms with van der Waals surface area (Å²) >= 11 is 3.49. The number of aliphatic hydroxyl groups is 1. The molecular formula is C25H22BrFO4. The number of hydrogen-bond donors (Lipinski definition) is 1. The van der Waals surface area contributed by atoms with Gasteiger partial charge in [-0.3, -0.25) is 0 Å². The van der Waals surface area contributed by atoms with Crippen molar-refractivity contribution < 1.29 is 23.7 Å². The van der Waals surface area contributed by atoms with E-state index >= 15 is 0 Å². The lowest BCUT2D eigenvalue weighted by atomic mass is 9.71. The Bertz CT molecular complexity index is 1150. The Morgan fingerprint density at radius 2 is 1.84 bits per heavy atom. The topological polar surface area (TPSA) is 47.9 Å². The van der Waals surface area contributed by atoms with Gasteiger partial charge >= 0.3 is 0 Å². The van der Waals surface area contributed by atoms with Gasteiger partial charge in [-0.25, -0.2) is 4.39 Å². The predicted molar refractivity (Wildman–Crippen MR) is 118 cm³/mol. The summed E-state index contributed by atoms with van der Waals surface area (Å²) in [5, 5.41) is 12.3. The summed E-state index contributed by atoms with van der Waals surface area (Å²) in [7, 11) is 3.14. The summed E-state index contributed by atoms with van der Waals surface area (Å²) < 4.78 is 32.9. The van der Waals surface area contributed by atoms with Crippen LogP contribution in [0, 0.1) is 5.82 Å². The molecule has 0 radical (unpaired) electrons. The average Bonchev–Trinajstić information content (AvgIpc) is 3.20. The van der Waals surface area contributed by atoms with E-state index in [1.54, 1.807) is 32.4 Å². The van der Waals surface area contributed by atoms with Crippen LogP contribution in [0.2, 0.25) is 0 Å². The Kier molecular flexibility index (Phi) is 4.75. The van der Waals surface area contributed by atoms with Crippen molar-refractivity contribution >= 4 is 15.9 Å². The number of methoxy groups -OCH3 is 2. The van der Waals surface area contributed by atoms with Crippen LogP contribution >= 0.6 is 15.9 Å². The second-order valence-corrected chi connectivity index (χ2v) is 8.97. The van der Waals surface area contributed by atoms with Gasteiger partial charge in [-0.2, -0.15) is 0 Å². The van der Waals surface area contributed by atoms with Gasteiger partial charge in [0.1, 0.15) is 28.7 Å². The van der Waals surface area contributed by atoms with E-state index in [9.17, 15) is 9.50 Å². The summed E-state index contributed by atoms with van der Waals surface area (Å²) in [6, 6.07) is 17.8. The first-order chi connectivity index (χ1) is 14.9. The number of halogens is 2. The van der Waals surface area contributed by atoms with Crippen LogP contribution in [0.15, 0.2) is 65.1 Å². The lowest BCUT2D eigenvalue weighted by Gasteiger charge is -2.40. The minimum Gasteiger partial charge on any atom is -0.496 e. The van der Waals surface area contributed by atoms with Crippen molar-refractivity contribution in [2.45, 2.75) is 30.0 Å². The van der Waals surface area contributed by atoms with Gasteiger partial charge in [-0.05, 0) is 48.2 Å². The highest BCUT2D eigenvalue weighted by Gasteiger charge is 2.69. The third-order valence-electron chi connectivity index (χ3n) is 6.60. The zero-order valence-corrected chi connectivity index (χ0v) is 18.8. The molecule has 31 heavy (non-hydrogen) atoms. The molecule has 1 N–H and O–H groups in total. The van der Waals surface area contributed by atoms with Gasteiger partial charge in [-0.15, -0.1) is 0 Å². The third-order valence-corrected chi connectivity index (χ3v) is 7.13. The molecule has 0 spiro atoms. The normalized spacial score (nSPS) is 26.2. The monoisotopic (exact) mass is 484 g/mol. The summed E-state index contributed by atoms with van der Waals surface area (Å²) in [5.41, 5.74) is -0.272. The van der Waals surface area contributed by atoms with Gasteiger partial charge < -0.3 is 19.3 Å². The zero-order chi connectivity index (χ0) is 21.8. The predicted octanol–water partition coefficient (Wildman–Crippen LogP) is 5.66. The fraction of sp³-hybridized carbons (Fsp3) is 0.280. The number of rotatable bonds is 4. The molecule has 1 heterocycles. The van der Waals surface area contributed by atoms with Crippen molar-refractivity contribution in [3.05, 3.63) is 87.6 Å². The van der Waals surface area contributed by atoms with E-state index in [0.717, 1.165) is 15.6 Å². The van der Waals surface area contributed by atoms with Gasteiger partial charge in [0.2, 0.25) is 0 Å². The molecule has 1 saturated carbocycles. The van der Waals surface area contributed by atoms with Gasteiger partial charge in [0, 0.05) is 22.5 Å². The molecule has 1 aliphatic heterocycles. The molecule has 0 saturated heterocycles. The average molecular weight is 485 g/mol. The molecule has 4 nitrogen and oxygen atoms in total. The van der Waals surface area contributed by atoms with Crippen molar-refractivity contribution in [1.29, 1.82) is 0 Å². The highest BCUT2D eigenvalue weighted by Crippen LogP contribution is 2.68. The summed E-state index contributed by atoms with van der Waals surface area (Å²) in [6.07, 6.45) is 1.07. The molecule has 3 aromatic carbocycles. The molecule has 0 unspecified atom stereocenters. The lowest BCUT2D eigenvalue weighted by Crippen LogP contribution is -2.48. The van der Waals surface area contributed by atoms with Gasteiger partial charge in [0.25, 0.3) is 0 Å². The quantitative estimate of drug-likeness (QED) is 0.519. The number of benzene rings is 3. The van der Waals surface area contributed by atoms with E-state index in [4.69, 9.17) is 14.2 Å². The highest BCUT2D eigenvalue weighted by atomic mass is 79.9. The zero-order valence-electron chi connectivity index (χ0n) is 17.2. The molecule has 0 amide bonds. The maximum atomic E-state index is 14.2. The second-order valence-electron chi connectivity index (χ2n) is 8.05. The van der Waals surface area contributed by atoms with Crippen molar-refractivity contribution in [2.24, 2.45) is 0 Å². The van der Waals surface area contributed by atoms with Gasteiger partial charge in [-0.1, -0.05) is 40.2 Å². The largest absolute Gasteiger partial charge is 0.496 e. The molecule has 1 aliphatic carbocycles. The highest BCUT2D eigenvalue weighted by molar-refractivity contribution is 9.10. The van der Waals surface area contributed by atoms with Gasteiger partial charge in [0.05, 0.1) is 19.8 Å².